The van der Waals surface area contributed by atoms with Crippen LogP contribution < -0.4 is 9.47 Å². The van der Waals surface area contributed by atoms with Crippen molar-refractivity contribution in [3.05, 3.63) is 23.8 Å². The quantitative estimate of drug-likeness (QED) is 0.733. The van der Waals surface area contributed by atoms with Gasteiger partial charge in [-0.15, -0.1) is 0 Å². The molecule has 0 saturated heterocycles. The molecular formula is C12H18O2. The first-order valence-electron chi connectivity index (χ1n) is 5.03. The van der Waals surface area contributed by atoms with Crippen LogP contribution in [-0.2, 0) is 0 Å². The van der Waals surface area contributed by atoms with Gasteiger partial charge in [-0.2, -0.15) is 0 Å². The molecule has 0 bridgehead atoms. The molecule has 0 aliphatic rings. The molecule has 0 spiro atoms. The van der Waals surface area contributed by atoms with E-state index in [2.05, 4.69) is 0 Å². The zero-order valence-electron chi connectivity index (χ0n) is 9.33. The van der Waals surface area contributed by atoms with Crippen LogP contribution in [0.4, 0.5) is 0 Å². The highest BCUT2D eigenvalue weighted by molar-refractivity contribution is 5.39. The van der Waals surface area contributed by atoms with Crippen molar-refractivity contribution in [2.75, 3.05) is 6.61 Å². The Balaban J connectivity index is 2.79. The van der Waals surface area contributed by atoms with Crippen LogP contribution in [-0.4, -0.2) is 12.7 Å². The topological polar surface area (TPSA) is 18.5 Å². The maximum Gasteiger partial charge on any atom is 0.122 e. The summed E-state index contributed by atoms with van der Waals surface area (Å²) in [6, 6.07) is 5.90. The Kier molecular flexibility index (Phi) is 3.81. The van der Waals surface area contributed by atoms with Crippen LogP contribution in [0.25, 0.3) is 0 Å². The number of hydrogen-bond acceptors (Lipinski definition) is 2. The van der Waals surface area contributed by atoms with E-state index in [4.69, 9.17) is 9.47 Å². The Morgan fingerprint density at radius 3 is 2.50 bits per heavy atom. The molecule has 0 aliphatic carbocycles. The summed E-state index contributed by atoms with van der Waals surface area (Å²) in [5, 5.41) is 0. The van der Waals surface area contributed by atoms with Crippen LogP contribution in [0.1, 0.15) is 26.3 Å². The molecular weight excluding hydrogens is 176 g/mol. The molecule has 0 unspecified atom stereocenters. The lowest BCUT2D eigenvalue weighted by molar-refractivity contribution is 0.240. The van der Waals surface area contributed by atoms with Crippen LogP contribution >= 0.6 is 0 Å². The average Bonchev–Trinajstić information content (AvgIpc) is 2.10. The fraction of sp³-hybridized carbons (Fsp3) is 0.500. The summed E-state index contributed by atoms with van der Waals surface area (Å²) in [6.07, 6.45) is 0.214. The zero-order chi connectivity index (χ0) is 10.6. The second-order valence-corrected chi connectivity index (χ2v) is 3.53. The largest absolute Gasteiger partial charge is 0.494 e. The first-order chi connectivity index (χ1) is 6.63. The van der Waals surface area contributed by atoms with E-state index in [0.717, 1.165) is 17.1 Å². The zero-order valence-corrected chi connectivity index (χ0v) is 9.33. The van der Waals surface area contributed by atoms with E-state index < -0.39 is 0 Å². The highest BCUT2D eigenvalue weighted by atomic mass is 16.5. The number of rotatable bonds is 4. The Morgan fingerprint density at radius 2 is 2.00 bits per heavy atom. The predicted octanol–water partition coefficient (Wildman–Crippen LogP) is 3.18. The van der Waals surface area contributed by atoms with Crippen LogP contribution in [0.2, 0.25) is 0 Å². The summed E-state index contributed by atoms with van der Waals surface area (Å²) in [6.45, 7) is 8.75. The molecule has 0 atom stereocenters. The van der Waals surface area contributed by atoms with E-state index in [9.17, 15) is 0 Å². The Bertz CT molecular complexity index is 292. The van der Waals surface area contributed by atoms with Crippen molar-refractivity contribution in [2.24, 2.45) is 0 Å². The third-order valence-corrected chi connectivity index (χ3v) is 1.82. The first-order valence-corrected chi connectivity index (χ1v) is 5.03. The van der Waals surface area contributed by atoms with Gasteiger partial charge in [-0.25, -0.2) is 0 Å². The molecule has 0 heterocycles. The van der Waals surface area contributed by atoms with E-state index >= 15 is 0 Å². The Labute approximate surface area is 85.8 Å². The van der Waals surface area contributed by atoms with Crippen LogP contribution in [0.3, 0.4) is 0 Å². The van der Waals surface area contributed by atoms with E-state index in [0.29, 0.717) is 6.61 Å². The first kappa shape index (κ1) is 10.9. The number of ether oxygens (including phenoxy) is 2. The van der Waals surface area contributed by atoms with Gasteiger partial charge in [0.2, 0.25) is 0 Å². The molecule has 0 saturated carbocycles. The maximum atomic E-state index is 5.62. The lowest BCUT2D eigenvalue weighted by Gasteiger charge is -2.13. The van der Waals surface area contributed by atoms with Gasteiger partial charge in [0, 0.05) is 0 Å². The van der Waals surface area contributed by atoms with E-state index in [-0.39, 0.29) is 6.10 Å². The molecule has 0 radical (unpaired) electrons. The Hall–Kier alpha value is -1.18. The minimum Gasteiger partial charge on any atom is -0.494 e. The lowest BCUT2D eigenvalue weighted by Crippen LogP contribution is -2.06. The molecule has 0 aromatic heterocycles. The van der Waals surface area contributed by atoms with Crippen molar-refractivity contribution in [3.8, 4) is 11.5 Å². The van der Waals surface area contributed by atoms with Crippen LogP contribution in [0, 0.1) is 6.92 Å². The van der Waals surface area contributed by atoms with E-state index in [1.807, 2.05) is 45.9 Å². The van der Waals surface area contributed by atoms with Crippen molar-refractivity contribution >= 4 is 0 Å². The molecule has 1 rings (SSSR count). The second kappa shape index (κ2) is 4.89. The number of hydrogen-bond donors (Lipinski definition) is 0. The number of benzene rings is 1. The van der Waals surface area contributed by atoms with Gasteiger partial charge in [0.05, 0.1) is 12.7 Å². The van der Waals surface area contributed by atoms with Gasteiger partial charge in [-0.05, 0) is 51.5 Å². The summed E-state index contributed by atoms with van der Waals surface area (Å²) in [5.41, 5.74) is 1.12. The van der Waals surface area contributed by atoms with Gasteiger partial charge in [0.1, 0.15) is 11.5 Å². The van der Waals surface area contributed by atoms with Gasteiger partial charge in [-0.3, -0.25) is 0 Å². The van der Waals surface area contributed by atoms with Crippen molar-refractivity contribution in [2.45, 2.75) is 33.8 Å². The minimum atomic E-state index is 0.214. The number of aryl methyl sites for hydroxylation is 1. The second-order valence-electron chi connectivity index (χ2n) is 3.53. The molecule has 78 valence electrons. The van der Waals surface area contributed by atoms with Gasteiger partial charge in [-0.1, -0.05) is 0 Å². The Morgan fingerprint density at radius 1 is 1.29 bits per heavy atom. The van der Waals surface area contributed by atoms with E-state index in [1.165, 1.54) is 0 Å². The third kappa shape index (κ3) is 2.95. The summed E-state index contributed by atoms with van der Waals surface area (Å²) >= 11 is 0. The van der Waals surface area contributed by atoms with Gasteiger partial charge < -0.3 is 9.47 Å². The molecule has 2 nitrogen and oxygen atoms in total. The SMILES string of the molecule is CCOc1ccc(OC(C)C)c(C)c1. The molecule has 2 heteroatoms. The van der Waals surface area contributed by atoms with Crippen molar-refractivity contribution in [1.82, 2.24) is 0 Å². The normalized spacial score (nSPS) is 10.4. The van der Waals surface area contributed by atoms with Crippen molar-refractivity contribution in [3.63, 3.8) is 0 Å². The summed E-state index contributed by atoms with van der Waals surface area (Å²) in [7, 11) is 0. The van der Waals surface area contributed by atoms with Gasteiger partial charge >= 0.3 is 0 Å². The monoisotopic (exact) mass is 194 g/mol. The molecule has 0 amide bonds. The molecule has 0 aliphatic heterocycles. The highest BCUT2D eigenvalue weighted by Gasteiger charge is 2.03. The van der Waals surface area contributed by atoms with Gasteiger partial charge in [0.25, 0.3) is 0 Å². The van der Waals surface area contributed by atoms with Crippen LogP contribution in [0.5, 0.6) is 11.5 Å². The summed E-state index contributed by atoms with van der Waals surface area (Å²) in [5.74, 6) is 1.84. The summed E-state index contributed by atoms with van der Waals surface area (Å²) < 4.78 is 11.0. The van der Waals surface area contributed by atoms with Crippen molar-refractivity contribution in [1.29, 1.82) is 0 Å². The maximum absolute atomic E-state index is 5.62. The fourth-order valence-corrected chi connectivity index (χ4v) is 1.26. The molecule has 1 aromatic rings. The minimum absolute atomic E-state index is 0.214. The molecule has 14 heavy (non-hydrogen) atoms. The lowest BCUT2D eigenvalue weighted by atomic mass is 10.2. The third-order valence-electron chi connectivity index (χ3n) is 1.82. The van der Waals surface area contributed by atoms with E-state index in [1.54, 1.807) is 0 Å². The molecule has 0 N–H and O–H groups in total. The standard InChI is InChI=1S/C12H18O2/c1-5-13-11-6-7-12(10(4)8-11)14-9(2)3/h6-9H,5H2,1-4H3. The van der Waals surface area contributed by atoms with Crippen LogP contribution in [0.15, 0.2) is 18.2 Å². The smallest absolute Gasteiger partial charge is 0.122 e. The molecule has 0 fully saturated rings. The van der Waals surface area contributed by atoms with Crippen molar-refractivity contribution < 1.29 is 9.47 Å². The van der Waals surface area contributed by atoms with Gasteiger partial charge in [0.15, 0.2) is 0 Å². The summed E-state index contributed by atoms with van der Waals surface area (Å²) in [4.78, 5) is 0. The average molecular weight is 194 g/mol. The predicted molar refractivity (Wildman–Crippen MR) is 58.1 cm³/mol. The fourth-order valence-electron chi connectivity index (χ4n) is 1.26. The molecule has 1 aromatic carbocycles. The highest BCUT2D eigenvalue weighted by Crippen LogP contribution is 2.24.